The highest BCUT2D eigenvalue weighted by atomic mass is 15.3. The molecule has 4 nitrogen and oxygen atoms in total. The Balaban J connectivity index is 1.55. The van der Waals surface area contributed by atoms with Crippen LogP contribution in [0.1, 0.15) is 29.5 Å². The summed E-state index contributed by atoms with van der Waals surface area (Å²) in [7, 11) is 1.82. The van der Waals surface area contributed by atoms with Crippen LogP contribution in [0.3, 0.4) is 0 Å². The Morgan fingerprint density at radius 3 is 2.62 bits per heavy atom. The van der Waals surface area contributed by atoms with Gasteiger partial charge in [0.1, 0.15) is 0 Å². The lowest BCUT2D eigenvalue weighted by Gasteiger charge is -2.31. The van der Waals surface area contributed by atoms with E-state index in [4.69, 9.17) is 5.26 Å². The molecular weight excluding hydrogens is 320 g/mol. The Hall–Kier alpha value is -3.06. The van der Waals surface area contributed by atoms with Gasteiger partial charge in [-0.05, 0) is 36.1 Å². The summed E-state index contributed by atoms with van der Waals surface area (Å²) in [5.74, 6) is 0.922. The van der Waals surface area contributed by atoms with Crippen LogP contribution in [0.2, 0.25) is 0 Å². The number of benzene rings is 2. The van der Waals surface area contributed by atoms with Crippen molar-refractivity contribution in [2.75, 3.05) is 20.1 Å². The molecule has 0 aliphatic carbocycles. The molecule has 0 atom stereocenters. The molecule has 0 spiro atoms. The molecule has 2 aromatic carbocycles. The standard InChI is InChI=1S/C22H24N4/c1-24-22(25-17-21-9-5-8-20(15-21)16-23)26-12-10-19(11-13-26)14-18-6-3-2-4-7-18/h2-9,14-15H,10-13,17H2,1H3,(H,24,25). The highest BCUT2D eigenvalue weighted by molar-refractivity contribution is 5.80. The number of nitrogens with zero attached hydrogens (tertiary/aromatic N) is 3. The van der Waals surface area contributed by atoms with E-state index >= 15 is 0 Å². The van der Waals surface area contributed by atoms with Gasteiger partial charge in [0.2, 0.25) is 0 Å². The second-order valence-electron chi connectivity index (χ2n) is 6.41. The molecule has 1 heterocycles. The Bertz CT molecular complexity index is 821. The summed E-state index contributed by atoms with van der Waals surface area (Å²) < 4.78 is 0. The quantitative estimate of drug-likeness (QED) is 0.680. The first kappa shape index (κ1) is 17.8. The molecule has 0 saturated carbocycles. The third-order valence-corrected chi connectivity index (χ3v) is 4.59. The monoisotopic (exact) mass is 344 g/mol. The number of hydrogen-bond donors (Lipinski definition) is 1. The van der Waals surface area contributed by atoms with Gasteiger partial charge in [0.05, 0.1) is 11.6 Å². The van der Waals surface area contributed by atoms with Crippen molar-refractivity contribution in [2.24, 2.45) is 4.99 Å². The number of likely N-dealkylation sites (tertiary alicyclic amines) is 1. The first-order valence-corrected chi connectivity index (χ1v) is 8.97. The van der Waals surface area contributed by atoms with Gasteiger partial charge in [0.25, 0.3) is 0 Å². The van der Waals surface area contributed by atoms with Gasteiger partial charge in [-0.2, -0.15) is 5.26 Å². The van der Waals surface area contributed by atoms with Gasteiger partial charge in [-0.25, -0.2) is 0 Å². The summed E-state index contributed by atoms with van der Waals surface area (Å²) >= 11 is 0. The molecule has 132 valence electrons. The average Bonchev–Trinajstić information content (AvgIpc) is 2.70. The largest absolute Gasteiger partial charge is 0.352 e. The van der Waals surface area contributed by atoms with E-state index in [1.54, 1.807) is 0 Å². The third-order valence-electron chi connectivity index (χ3n) is 4.59. The minimum Gasteiger partial charge on any atom is -0.352 e. The maximum Gasteiger partial charge on any atom is 0.193 e. The molecule has 0 radical (unpaired) electrons. The lowest BCUT2D eigenvalue weighted by Crippen LogP contribution is -2.44. The number of rotatable bonds is 3. The topological polar surface area (TPSA) is 51.4 Å². The van der Waals surface area contributed by atoms with Crippen LogP contribution in [-0.4, -0.2) is 31.0 Å². The molecule has 0 bridgehead atoms. The molecule has 0 amide bonds. The van der Waals surface area contributed by atoms with Crippen molar-refractivity contribution in [3.63, 3.8) is 0 Å². The lowest BCUT2D eigenvalue weighted by atomic mass is 10.0. The van der Waals surface area contributed by atoms with E-state index in [0.717, 1.165) is 37.5 Å². The van der Waals surface area contributed by atoms with Crippen LogP contribution in [0.15, 0.2) is 65.2 Å². The second-order valence-corrected chi connectivity index (χ2v) is 6.41. The van der Waals surface area contributed by atoms with Crippen LogP contribution in [0.4, 0.5) is 0 Å². The zero-order chi connectivity index (χ0) is 18.2. The minimum absolute atomic E-state index is 0.672. The Morgan fingerprint density at radius 1 is 1.15 bits per heavy atom. The second kappa shape index (κ2) is 8.87. The van der Waals surface area contributed by atoms with Crippen molar-refractivity contribution in [1.29, 1.82) is 5.26 Å². The number of hydrogen-bond acceptors (Lipinski definition) is 2. The first-order chi connectivity index (χ1) is 12.8. The van der Waals surface area contributed by atoms with Crippen LogP contribution >= 0.6 is 0 Å². The average molecular weight is 344 g/mol. The number of guanidine groups is 1. The van der Waals surface area contributed by atoms with Gasteiger partial charge in [0.15, 0.2) is 5.96 Å². The summed E-state index contributed by atoms with van der Waals surface area (Å²) in [6.45, 7) is 2.61. The Kier molecular flexibility index (Phi) is 6.05. The molecule has 1 fully saturated rings. The van der Waals surface area contributed by atoms with Crippen LogP contribution in [0, 0.1) is 11.3 Å². The number of aliphatic imine (C=N–C) groups is 1. The van der Waals surface area contributed by atoms with E-state index in [-0.39, 0.29) is 0 Å². The molecule has 0 unspecified atom stereocenters. The van der Waals surface area contributed by atoms with Gasteiger partial charge >= 0.3 is 0 Å². The highest BCUT2D eigenvalue weighted by Gasteiger charge is 2.17. The van der Waals surface area contributed by atoms with Crippen molar-refractivity contribution in [3.05, 3.63) is 76.9 Å². The van der Waals surface area contributed by atoms with E-state index in [1.165, 1.54) is 11.1 Å². The number of piperidine rings is 1. The summed E-state index contributed by atoms with van der Waals surface area (Å²) in [6, 6.07) is 20.4. The van der Waals surface area contributed by atoms with Gasteiger partial charge < -0.3 is 10.2 Å². The fourth-order valence-corrected chi connectivity index (χ4v) is 3.20. The number of nitrogens with one attached hydrogen (secondary N) is 1. The van der Waals surface area contributed by atoms with E-state index in [2.05, 4.69) is 51.6 Å². The summed E-state index contributed by atoms with van der Waals surface area (Å²) in [4.78, 5) is 6.73. The fourth-order valence-electron chi connectivity index (χ4n) is 3.20. The Labute approximate surface area is 155 Å². The maximum atomic E-state index is 9.01. The van der Waals surface area contributed by atoms with Crippen molar-refractivity contribution in [2.45, 2.75) is 19.4 Å². The molecule has 3 rings (SSSR count). The predicted molar refractivity (Wildman–Crippen MR) is 107 cm³/mol. The van der Waals surface area contributed by atoms with Gasteiger partial charge in [0, 0.05) is 26.7 Å². The van der Waals surface area contributed by atoms with E-state index < -0.39 is 0 Å². The van der Waals surface area contributed by atoms with Gasteiger partial charge in [-0.1, -0.05) is 54.1 Å². The van der Waals surface area contributed by atoms with Gasteiger partial charge in [-0.3, -0.25) is 4.99 Å². The SMILES string of the molecule is CN=C(NCc1cccc(C#N)c1)N1CCC(=Cc2ccccc2)CC1. The van der Waals surface area contributed by atoms with Crippen LogP contribution < -0.4 is 5.32 Å². The minimum atomic E-state index is 0.672. The van der Waals surface area contributed by atoms with Crippen molar-refractivity contribution < 1.29 is 0 Å². The normalized spacial score (nSPS) is 14.7. The lowest BCUT2D eigenvalue weighted by molar-refractivity contribution is 0.375. The zero-order valence-electron chi connectivity index (χ0n) is 15.2. The van der Waals surface area contributed by atoms with Crippen molar-refractivity contribution in [1.82, 2.24) is 10.2 Å². The predicted octanol–water partition coefficient (Wildman–Crippen LogP) is 3.81. The molecular formula is C22H24N4. The van der Waals surface area contributed by atoms with E-state index in [9.17, 15) is 0 Å². The van der Waals surface area contributed by atoms with Gasteiger partial charge in [-0.15, -0.1) is 0 Å². The molecule has 4 heteroatoms. The molecule has 1 aliphatic rings. The van der Waals surface area contributed by atoms with Crippen LogP contribution in [0.5, 0.6) is 0 Å². The fraction of sp³-hybridized carbons (Fsp3) is 0.273. The molecule has 2 aromatic rings. The number of nitriles is 1. The van der Waals surface area contributed by atoms with E-state index in [1.807, 2.05) is 37.4 Å². The van der Waals surface area contributed by atoms with Crippen LogP contribution in [-0.2, 0) is 6.54 Å². The summed E-state index contributed by atoms with van der Waals surface area (Å²) in [5, 5.41) is 12.4. The Morgan fingerprint density at radius 2 is 1.92 bits per heavy atom. The first-order valence-electron chi connectivity index (χ1n) is 8.97. The third kappa shape index (κ3) is 4.73. The smallest absolute Gasteiger partial charge is 0.193 e. The van der Waals surface area contributed by atoms with Crippen molar-refractivity contribution >= 4 is 12.0 Å². The highest BCUT2D eigenvalue weighted by Crippen LogP contribution is 2.19. The molecule has 1 N–H and O–H groups in total. The summed E-state index contributed by atoms with van der Waals surface area (Å²) in [6.07, 6.45) is 4.42. The van der Waals surface area contributed by atoms with E-state index in [0.29, 0.717) is 12.1 Å². The molecule has 1 aliphatic heterocycles. The van der Waals surface area contributed by atoms with Crippen LogP contribution in [0.25, 0.3) is 6.08 Å². The summed E-state index contributed by atoms with van der Waals surface area (Å²) in [5.41, 5.74) is 4.54. The molecule has 0 aromatic heterocycles. The molecule has 1 saturated heterocycles. The maximum absolute atomic E-state index is 9.01. The molecule has 26 heavy (non-hydrogen) atoms. The van der Waals surface area contributed by atoms with Crippen molar-refractivity contribution in [3.8, 4) is 6.07 Å². The zero-order valence-corrected chi connectivity index (χ0v) is 15.2.